The Morgan fingerprint density at radius 2 is 0.826 bits per heavy atom. The van der Waals surface area contributed by atoms with Crippen molar-refractivity contribution in [2.24, 2.45) is 22.5 Å². The van der Waals surface area contributed by atoms with Crippen molar-refractivity contribution >= 4 is 155 Å². The van der Waals surface area contributed by atoms with E-state index in [1.165, 1.54) is 22.4 Å². The number of nitrogens with one attached hydrogen (secondary N) is 4. The first-order valence-electron chi connectivity index (χ1n) is 45.6. The number of likely N-dealkylation sites (tertiary alicyclic amines) is 2. The highest BCUT2D eigenvalue weighted by molar-refractivity contribution is 9.08. The minimum atomic E-state index is -1.11. The minimum absolute atomic E-state index is 0.0104. The third kappa shape index (κ3) is 30.9. The molecule has 4 aromatic carbocycles. The van der Waals surface area contributed by atoms with E-state index in [9.17, 15) is 38.4 Å². The molecule has 3 unspecified atom stereocenters. The molecular formula is C94H119BrN32O17. The molecule has 10 heterocycles. The molecular weight excluding hydrogens is 1930 g/mol. The Bertz CT molecular complexity index is 6500. The predicted octanol–water partition coefficient (Wildman–Crippen LogP) is 6.00. The zero-order chi connectivity index (χ0) is 106. The van der Waals surface area contributed by atoms with Crippen molar-refractivity contribution in [1.29, 1.82) is 0 Å². The second-order valence-corrected chi connectivity index (χ2v) is 33.9. The van der Waals surface area contributed by atoms with Gasteiger partial charge in [-0.05, 0) is 148 Å². The first kappa shape index (κ1) is 110. The van der Waals surface area contributed by atoms with E-state index in [1.807, 2.05) is 38.1 Å². The number of hydrogen-bond acceptors (Lipinski definition) is 45. The maximum absolute atomic E-state index is 14.0. The van der Waals surface area contributed by atoms with E-state index in [4.69, 9.17) is 102 Å². The molecule has 0 radical (unpaired) electrons. The number of nitrogens with two attached hydrogens (primary N) is 10. The standard InChI is InChI=1S/C39H49N9O8.C32H41NO9.C7H7BrN6.2C7H10N8.C2H2/c1-6-39(2,3)33(50)36(51)48-17-8-7-12-27(48)37(52)56-28(15-13-23-14-16-29(53-4)30(18-23)54-5)24-10-9-11-26(19-24)55-22-31(49)47-43-21-25-20-42-35-32(44-25)34(40)45-38(41)46-35;1-6-32(2,3)29(36)30(37)33-17-8-7-12-24(33)31(38)42-25(22-10-9-11-23(19-22)41-20-28(34)35)15-13-21-14-16-26(39-4)27(18-21)40-5;8-1-3-2-11-6-4(12-3)5(9)13-7(10)14-6;2*8-5-4-6(15-7(9)14-5)11-1-3(13-4)2-12-10;1-2/h9-11,14,16,18-20,27-28,43H,6-8,12-13,15,17,21-22H2,1-5H3,(H,47,49)(H4,40,41,42,45,46);9-11,14,16,18-19,24-25H,6-8,12-13,15,17,20H2,1-5H3,(H,34,35);2H,1H2,(H4,9,10,11,13,14);2*1,12H,2,10H2,(H4,8,9,11,14,15);1-2H/t27?,28-;;;;;/m1...../s1/i;;;;;1D. The minimum Gasteiger partial charge on any atom is -0.493 e. The van der Waals surface area contributed by atoms with Gasteiger partial charge in [0.2, 0.25) is 35.4 Å². The number of carboxylic acid groups (broad SMARTS) is 1. The number of anilines is 8. The highest BCUT2D eigenvalue weighted by atomic mass is 79.9. The predicted molar refractivity (Wildman–Crippen MR) is 537 cm³/mol. The normalized spacial score (nSPS) is 13.7. The number of benzene rings is 4. The number of aliphatic carboxylic acids is 1. The molecule has 12 aromatic rings. The third-order valence-corrected chi connectivity index (χ3v) is 23.2. The molecule has 0 aliphatic carbocycles. The maximum atomic E-state index is 14.0. The molecule has 25 N–H and O–H groups in total. The summed E-state index contributed by atoms with van der Waals surface area (Å²) in [6.45, 7) is 11.3. The molecule has 2 aliphatic rings. The summed E-state index contributed by atoms with van der Waals surface area (Å²) in [5.74, 6) is 9.23. The second kappa shape index (κ2) is 53.4. The van der Waals surface area contributed by atoms with Gasteiger partial charge in [-0.3, -0.25) is 51.9 Å². The van der Waals surface area contributed by atoms with Crippen molar-refractivity contribution in [2.45, 2.75) is 168 Å². The number of ketones is 2. The van der Waals surface area contributed by atoms with Gasteiger partial charge in [-0.1, -0.05) is 93.9 Å². The number of ether oxygens (including phenoxy) is 8. The summed E-state index contributed by atoms with van der Waals surface area (Å²) in [4.78, 5) is 171. The Labute approximate surface area is 837 Å². The van der Waals surface area contributed by atoms with E-state index < -0.39 is 88.9 Å². The lowest BCUT2D eigenvalue weighted by atomic mass is 9.84. The van der Waals surface area contributed by atoms with E-state index in [0.717, 1.165) is 23.2 Å². The van der Waals surface area contributed by atoms with Gasteiger partial charge in [0, 0.05) is 29.2 Å². The van der Waals surface area contributed by atoms with Crippen LogP contribution in [0.5, 0.6) is 34.5 Å². The van der Waals surface area contributed by atoms with Gasteiger partial charge in [0.05, 0.1) is 95.6 Å². The number of hydrogen-bond donors (Lipinski definition) is 15. The second-order valence-electron chi connectivity index (χ2n) is 33.4. The Kier molecular flexibility index (Phi) is 40.7. The number of amides is 3. The number of aryl methyl sites for hydroxylation is 2. The molecule has 0 bridgehead atoms. The molecule has 14 rings (SSSR count). The smallest absolute Gasteiger partial charge is 0.341 e. The van der Waals surface area contributed by atoms with Crippen LogP contribution in [0.1, 0.15) is 164 Å². The number of aromatic nitrogens is 16. The number of carbonyl (C=O) groups is 8. The molecule has 0 spiro atoms. The van der Waals surface area contributed by atoms with E-state index in [-0.39, 0.29) is 77.9 Å². The van der Waals surface area contributed by atoms with Crippen LogP contribution in [0.4, 0.5) is 47.1 Å². The Morgan fingerprint density at radius 1 is 0.479 bits per heavy atom. The van der Waals surface area contributed by atoms with Gasteiger partial charge in [0.15, 0.2) is 104 Å². The van der Waals surface area contributed by atoms with Gasteiger partial charge in [-0.2, -0.15) is 39.9 Å². The number of halogens is 1. The Hall–Kier alpha value is -16.2. The van der Waals surface area contributed by atoms with Crippen molar-refractivity contribution in [2.75, 3.05) is 101 Å². The molecule has 8 aromatic heterocycles. The summed E-state index contributed by atoms with van der Waals surface area (Å²) in [6.07, 6.45) is 16.8. The number of esters is 2. The van der Waals surface area contributed by atoms with Crippen LogP contribution in [0, 0.1) is 23.7 Å². The summed E-state index contributed by atoms with van der Waals surface area (Å²) in [7, 11) is 6.23. The SMILES string of the molecule is CCC(C)(C)C(=O)C(=O)N1CCCCC1C(=O)OC(CCc1ccc(OC)c(OC)c1)c1cccc(OCC(=O)O)c1.CCC(C)(C)C(=O)C(=O)N1CCCCC1C(=O)O[C@H](CCc1ccc(OC)c(OC)c1)c1cccc(OCC(=O)NNCc2cnc3nc(N)nc(N)c3n2)c1.NNCc1cnc2nc(N)nc(N)c2n1.NNCc1cnc2nc(N)nc(N)c2n1.Nc1nc(N)c2nc(CBr)cnc2n1.[2H]C#C. The summed E-state index contributed by atoms with van der Waals surface area (Å²) in [6, 6.07) is 23.0. The first-order valence-corrected chi connectivity index (χ1v) is 46.2. The number of fused-ring (bicyclic) bond motifs is 4. The van der Waals surface area contributed by atoms with Gasteiger partial charge in [0.1, 0.15) is 37.2 Å². The van der Waals surface area contributed by atoms with Gasteiger partial charge in [-0.25, -0.2) is 59.7 Å². The van der Waals surface area contributed by atoms with E-state index >= 15 is 0 Å². The van der Waals surface area contributed by atoms with Crippen LogP contribution < -0.4 is 108 Å². The van der Waals surface area contributed by atoms with Crippen molar-refractivity contribution < 1.29 is 82.7 Å². The lowest BCUT2D eigenvalue weighted by molar-refractivity contribution is -0.165. The summed E-state index contributed by atoms with van der Waals surface area (Å²) < 4.78 is 50.8. The van der Waals surface area contributed by atoms with E-state index in [1.54, 1.807) is 135 Å². The van der Waals surface area contributed by atoms with Crippen molar-refractivity contribution in [3.05, 3.63) is 155 Å². The number of Topliss-reactive ketones (excluding diaryl/α,β-unsaturated/α-hetero) is 2. The number of carboxylic acids is 1. The number of hydrazine groups is 3. The average Bonchev–Trinajstić information content (AvgIpc) is 0.821. The van der Waals surface area contributed by atoms with Crippen LogP contribution in [-0.2, 0) is 85.6 Å². The highest BCUT2D eigenvalue weighted by Crippen LogP contribution is 2.37. The van der Waals surface area contributed by atoms with Crippen LogP contribution in [0.2, 0.25) is 0 Å². The van der Waals surface area contributed by atoms with Crippen LogP contribution in [0.25, 0.3) is 44.7 Å². The molecule has 3 amide bonds. The van der Waals surface area contributed by atoms with Gasteiger partial charge in [-0.15, -0.1) is 12.8 Å². The molecule has 144 heavy (non-hydrogen) atoms. The summed E-state index contributed by atoms with van der Waals surface area (Å²) in [5.41, 5.74) is 61.9. The molecule has 2 saturated heterocycles. The lowest BCUT2D eigenvalue weighted by Gasteiger charge is -2.36. The number of terminal acetylenes is 1. The molecule has 764 valence electrons. The van der Waals surface area contributed by atoms with Gasteiger partial charge < -0.3 is 98.7 Å². The zero-order valence-electron chi connectivity index (χ0n) is 82.1. The number of nitrogens with zero attached hydrogens (tertiary/aromatic N) is 18. The van der Waals surface area contributed by atoms with E-state index in [0.29, 0.717) is 192 Å². The lowest BCUT2D eigenvalue weighted by Crippen LogP contribution is -2.53. The Balaban J connectivity index is 0.000000226. The van der Waals surface area contributed by atoms with Crippen LogP contribution in [0.3, 0.4) is 0 Å². The van der Waals surface area contributed by atoms with Crippen LogP contribution in [-0.4, -0.2) is 209 Å². The molecule has 50 heteroatoms. The number of rotatable bonds is 36. The van der Waals surface area contributed by atoms with Gasteiger partial charge >= 0.3 is 17.9 Å². The number of methoxy groups -OCH3 is 4. The monoisotopic (exact) mass is 2050 g/mol. The molecule has 0 saturated carbocycles. The molecule has 2 aliphatic heterocycles. The van der Waals surface area contributed by atoms with Crippen LogP contribution >= 0.6 is 15.9 Å². The topological polar surface area (TPSA) is 752 Å². The number of piperidine rings is 2. The van der Waals surface area contributed by atoms with Crippen molar-refractivity contribution in [3.8, 4) is 47.3 Å². The summed E-state index contributed by atoms with van der Waals surface area (Å²) in [5, 5.41) is 9.62. The van der Waals surface area contributed by atoms with E-state index in [2.05, 4.69) is 124 Å². The highest BCUT2D eigenvalue weighted by Gasteiger charge is 2.44. The van der Waals surface area contributed by atoms with Crippen molar-refractivity contribution in [1.82, 2.24) is 111 Å². The van der Waals surface area contributed by atoms with Gasteiger partial charge in [0.25, 0.3) is 17.7 Å². The van der Waals surface area contributed by atoms with Crippen molar-refractivity contribution in [3.63, 3.8) is 0 Å². The third-order valence-electron chi connectivity index (χ3n) is 22.7. The maximum Gasteiger partial charge on any atom is 0.341 e. The molecule has 49 nitrogen and oxygen atoms in total. The molecule has 4 atom stereocenters. The summed E-state index contributed by atoms with van der Waals surface area (Å²) >= 11 is 3.27. The zero-order valence-corrected chi connectivity index (χ0v) is 82.7. The average molecular weight is 2050 g/mol. The number of carbonyl (C=O) groups excluding carboxylic acids is 7. The fourth-order valence-corrected chi connectivity index (χ4v) is 14.6. The quantitative estimate of drug-likeness (QED) is 0.00534. The fraction of sp³-hybridized carbons (Fsp3) is 0.383. The number of nitrogen functional groups attached to an aromatic ring is 8. The number of alkyl halides is 1. The first-order chi connectivity index (χ1) is 69.3. The fourth-order valence-electron chi connectivity index (χ4n) is 14.3. The van der Waals surface area contributed by atoms with Crippen LogP contribution in [0.15, 0.2) is 110 Å². The molecule has 2 fully saturated rings. The largest absolute Gasteiger partial charge is 0.493 e. The Morgan fingerprint density at radius 3 is 1.17 bits per heavy atom.